The maximum absolute atomic E-state index is 12.6. The summed E-state index contributed by atoms with van der Waals surface area (Å²) in [7, 11) is 1.81. The Kier molecular flexibility index (Phi) is 5.19. The number of carbonyl (C=O) groups excluding carboxylic acids is 1. The normalized spacial score (nSPS) is 15.0. The van der Waals surface area contributed by atoms with Crippen molar-refractivity contribution < 1.29 is 9.53 Å². The molecule has 0 aliphatic carbocycles. The number of ether oxygens (including phenoxy) is 1. The average molecular weight is 378 g/mol. The minimum absolute atomic E-state index is 0.0469. The fraction of sp³-hybridized carbons (Fsp3) is 0.400. The van der Waals surface area contributed by atoms with Crippen LogP contribution >= 0.6 is 0 Å². The van der Waals surface area contributed by atoms with Crippen LogP contribution in [0.3, 0.4) is 0 Å². The summed E-state index contributed by atoms with van der Waals surface area (Å²) in [5.74, 6) is 0.0469. The Morgan fingerprint density at radius 2 is 2.11 bits per heavy atom. The molecular weight excluding hydrogens is 356 g/mol. The van der Waals surface area contributed by atoms with Crippen LogP contribution in [0.25, 0.3) is 17.0 Å². The minimum Gasteiger partial charge on any atom is -0.379 e. The summed E-state index contributed by atoms with van der Waals surface area (Å²) in [6.45, 7) is 4.31. The molecule has 0 spiro atoms. The molecule has 0 radical (unpaired) electrons. The number of rotatable bonds is 6. The molecule has 3 aromatic rings. The van der Waals surface area contributed by atoms with Crippen LogP contribution in [0.4, 0.5) is 0 Å². The smallest absolute Gasteiger partial charge is 0.183 e. The Hall–Kier alpha value is -3.02. The van der Waals surface area contributed by atoms with Gasteiger partial charge in [-0.1, -0.05) is 0 Å². The number of hydrogen-bond donors (Lipinski definition) is 0. The van der Waals surface area contributed by atoms with E-state index < -0.39 is 0 Å². The number of pyridine rings is 1. The molecule has 0 bridgehead atoms. The molecule has 144 valence electrons. The van der Waals surface area contributed by atoms with Gasteiger partial charge in [-0.2, -0.15) is 10.4 Å². The molecule has 0 saturated carbocycles. The van der Waals surface area contributed by atoms with Crippen molar-refractivity contribution in [2.75, 3.05) is 32.8 Å². The molecule has 0 amide bonds. The van der Waals surface area contributed by atoms with E-state index in [1.165, 1.54) is 0 Å². The van der Waals surface area contributed by atoms with Gasteiger partial charge in [0.2, 0.25) is 0 Å². The highest BCUT2D eigenvalue weighted by Crippen LogP contribution is 2.21. The third kappa shape index (κ3) is 3.81. The van der Waals surface area contributed by atoms with Gasteiger partial charge >= 0.3 is 0 Å². The van der Waals surface area contributed by atoms with Gasteiger partial charge in [0, 0.05) is 39.0 Å². The second-order valence-corrected chi connectivity index (χ2v) is 6.94. The highest BCUT2D eigenvalue weighted by molar-refractivity contribution is 5.95. The molecule has 0 aromatic carbocycles. The maximum Gasteiger partial charge on any atom is 0.183 e. The summed E-state index contributed by atoms with van der Waals surface area (Å²) in [5, 5.41) is 13.4. The highest BCUT2D eigenvalue weighted by atomic mass is 16.5. The topological polar surface area (TPSA) is 88.5 Å². The Morgan fingerprint density at radius 3 is 2.89 bits per heavy atom. The standard InChI is InChI=1S/C20H22N6O2/c1-24-18(17-14-26-13-15(12-21)4-5-20(26)22-17)11-16(23-24)19(27)3-2-6-25-7-9-28-10-8-25/h4-5,11,13-14H,2-3,6-10H2,1H3. The second-order valence-electron chi connectivity index (χ2n) is 6.94. The molecule has 4 rings (SSSR count). The summed E-state index contributed by atoms with van der Waals surface area (Å²) in [5.41, 5.74) is 3.27. The van der Waals surface area contributed by atoms with Gasteiger partial charge in [0.15, 0.2) is 5.78 Å². The van der Waals surface area contributed by atoms with Gasteiger partial charge in [-0.25, -0.2) is 4.98 Å². The number of nitrogens with zero attached hydrogens (tertiary/aromatic N) is 6. The zero-order valence-corrected chi connectivity index (χ0v) is 15.8. The SMILES string of the molecule is Cn1nc(C(=O)CCCN2CCOCC2)cc1-c1cn2cc(C#N)ccc2n1. The lowest BCUT2D eigenvalue weighted by Crippen LogP contribution is -2.36. The van der Waals surface area contributed by atoms with E-state index in [-0.39, 0.29) is 5.78 Å². The molecule has 3 aromatic heterocycles. The summed E-state index contributed by atoms with van der Waals surface area (Å²) >= 11 is 0. The predicted octanol–water partition coefficient (Wildman–Crippen LogP) is 1.90. The molecule has 0 N–H and O–H groups in total. The van der Waals surface area contributed by atoms with Crippen LogP contribution in [0.1, 0.15) is 28.9 Å². The fourth-order valence-electron chi connectivity index (χ4n) is 3.44. The van der Waals surface area contributed by atoms with Crippen LogP contribution in [-0.2, 0) is 11.8 Å². The molecule has 28 heavy (non-hydrogen) atoms. The zero-order chi connectivity index (χ0) is 19.5. The highest BCUT2D eigenvalue weighted by Gasteiger charge is 2.17. The van der Waals surface area contributed by atoms with Crippen molar-refractivity contribution in [1.82, 2.24) is 24.1 Å². The number of ketones is 1. The van der Waals surface area contributed by atoms with Gasteiger partial charge in [0.25, 0.3) is 0 Å². The number of hydrogen-bond acceptors (Lipinski definition) is 6. The van der Waals surface area contributed by atoms with Crippen LogP contribution in [0.2, 0.25) is 0 Å². The van der Waals surface area contributed by atoms with E-state index >= 15 is 0 Å². The van der Waals surface area contributed by atoms with Crippen LogP contribution in [0.15, 0.2) is 30.6 Å². The van der Waals surface area contributed by atoms with Crippen molar-refractivity contribution in [2.45, 2.75) is 12.8 Å². The van der Waals surface area contributed by atoms with Crippen LogP contribution in [0, 0.1) is 11.3 Å². The van der Waals surface area contributed by atoms with Gasteiger partial charge < -0.3 is 9.14 Å². The van der Waals surface area contributed by atoms with Crippen molar-refractivity contribution in [2.24, 2.45) is 7.05 Å². The number of morpholine rings is 1. The van der Waals surface area contributed by atoms with Gasteiger partial charge in [-0.05, 0) is 31.2 Å². The van der Waals surface area contributed by atoms with Crippen LogP contribution < -0.4 is 0 Å². The van der Waals surface area contributed by atoms with Crippen molar-refractivity contribution in [3.05, 3.63) is 41.9 Å². The molecule has 0 atom stereocenters. The molecule has 1 aliphatic rings. The van der Waals surface area contributed by atoms with Crippen molar-refractivity contribution in [1.29, 1.82) is 5.26 Å². The van der Waals surface area contributed by atoms with Crippen LogP contribution in [0.5, 0.6) is 0 Å². The van der Waals surface area contributed by atoms with Crippen molar-refractivity contribution in [3.63, 3.8) is 0 Å². The van der Waals surface area contributed by atoms with Gasteiger partial charge in [0.1, 0.15) is 23.1 Å². The van der Waals surface area contributed by atoms with E-state index in [0.29, 0.717) is 17.7 Å². The first-order valence-electron chi connectivity index (χ1n) is 9.40. The molecule has 8 heteroatoms. The summed E-state index contributed by atoms with van der Waals surface area (Å²) in [4.78, 5) is 19.5. The number of Topliss-reactive ketones (excluding diaryl/α,β-unsaturated/α-hetero) is 1. The summed E-state index contributed by atoms with van der Waals surface area (Å²) < 4.78 is 8.84. The van der Waals surface area contributed by atoms with Crippen molar-refractivity contribution in [3.8, 4) is 17.5 Å². The van der Waals surface area contributed by atoms with E-state index in [0.717, 1.165) is 56.3 Å². The largest absolute Gasteiger partial charge is 0.379 e. The van der Waals surface area contributed by atoms with Gasteiger partial charge in [-0.3, -0.25) is 14.4 Å². The molecule has 1 aliphatic heterocycles. The lowest BCUT2D eigenvalue weighted by atomic mass is 10.1. The average Bonchev–Trinajstić information content (AvgIpc) is 3.31. The first-order valence-corrected chi connectivity index (χ1v) is 9.40. The Labute approximate surface area is 163 Å². The van der Waals surface area contributed by atoms with E-state index in [2.05, 4.69) is 21.1 Å². The third-order valence-electron chi connectivity index (χ3n) is 4.99. The Bertz CT molecular complexity index is 1040. The molecule has 8 nitrogen and oxygen atoms in total. The third-order valence-corrected chi connectivity index (χ3v) is 4.99. The van der Waals surface area contributed by atoms with E-state index in [1.807, 2.05) is 17.6 Å². The molecule has 0 unspecified atom stereocenters. The molecule has 1 fully saturated rings. The number of fused-ring (bicyclic) bond motifs is 1. The molecule has 1 saturated heterocycles. The lowest BCUT2D eigenvalue weighted by molar-refractivity contribution is 0.0371. The Morgan fingerprint density at radius 1 is 1.29 bits per heavy atom. The van der Waals surface area contributed by atoms with E-state index in [1.54, 1.807) is 29.1 Å². The number of nitriles is 1. The first-order chi connectivity index (χ1) is 13.6. The minimum atomic E-state index is 0.0469. The quantitative estimate of drug-likeness (QED) is 0.609. The summed E-state index contributed by atoms with van der Waals surface area (Å²) in [6, 6.07) is 7.45. The van der Waals surface area contributed by atoms with Gasteiger partial charge in [0.05, 0.1) is 24.5 Å². The van der Waals surface area contributed by atoms with Crippen LogP contribution in [-0.4, -0.2) is 62.7 Å². The first kappa shape index (κ1) is 18.3. The van der Waals surface area contributed by atoms with Crippen molar-refractivity contribution >= 4 is 11.4 Å². The number of aryl methyl sites for hydroxylation is 1. The molecular formula is C20H22N6O2. The Balaban J connectivity index is 1.45. The lowest BCUT2D eigenvalue weighted by Gasteiger charge is -2.26. The zero-order valence-electron chi connectivity index (χ0n) is 15.8. The number of aromatic nitrogens is 4. The molecule has 4 heterocycles. The van der Waals surface area contributed by atoms with E-state index in [4.69, 9.17) is 10.00 Å². The maximum atomic E-state index is 12.6. The second kappa shape index (κ2) is 7.92. The summed E-state index contributed by atoms with van der Waals surface area (Å²) in [6.07, 6.45) is 4.88. The number of imidazole rings is 1. The van der Waals surface area contributed by atoms with E-state index in [9.17, 15) is 4.79 Å². The monoisotopic (exact) mass is 378 g/mol. The fourth-order valence-corrected chi connectivity index (χ4v) is 3.44. The van der Waals surface area contributed by atoms with Gasteiger partial charge in [-0.15, -0.1) is 0 Å². The number of carbonyl (C=O) groups is 1. The predicted molar refractivity (Wildman–Crippen MR) is 103 cm³/mol.